The van der Waals surface area contributed by atoms with Crippen LogP contribution in [0.4, 0.5) is 0 Å². The molecule has 7 fully saturated rings. The largest absolute Gasteiger partial charge is 0.388 e. The average molecular weight is 329 g/mol. The van der Waals surface area contributed by atoms with Crippen molar-refractivity contribution in [2.24, 2.45) is 34.0 Å². The zero-order chi connectivity index (χ0) is 16.3. The Bertz CT molecular complexity index is 619. The van der Waals surface area contributed by atoms with Crippen molar-refractivity contribution in [3.05, 3.63) is 12.2 Å². The van der Waals surface area contributed by atoms with Gasteiger partial charge in [-0.05, 0) is 73.7 Å². The molecule has 3 nitrogen and oxygen atoms in total. The number of fused-ring (bicyclic) bond motifs is 4. The molecule has 8 atom stereocenters. The van der Waals surface area contributed by atoms with Crippen LogP contribution in [0.1, 0.15) is 58.3 Å². The molecule has 2 saturated heterocycles. The van der Waals surface area contributed by atoms with Crippen molar-refractivity contribution < 1.29 is 9.84 Å². The molecule has 8 unspecified atom stereocenters. The van der Waals surface area contributed by atoms with Gasteiger partial charge < -0.3 is 9.84 Å². The van der Waals surface area contributed by atoms with E-state index in [0.717, 1.165) is 12.6 Å². The number of rotatable bonds is 0. The van der Waals surface area contributed by atoms with Gasteiger partial charge in [-0.1, -0.05) is 19.9 Å². The maximum absolute atomic E-state index is 11.2. The lowest BCUT2D eigenvalue weighted by Gasteiger charge is -2.75. The van der Waals surface area contributed by atoms with Gasteiger partial charge in [-0.25, -0.2) is 0 Å². The summed E-state index contributed by atoms with van der Waals surface area (Å²) in [5.74, 6) is 2.10. The van der Waals surface area contributed by atoms with Crippen molar-refractivity contribution in [3.8, 4) is 0 Å². The van der Waals surface area contributed by atoms with Crippen LogP contribution in [0.25, 0.3) is 0 Å². The summed E-state index contributed by atoms with van der Waals surface area (Å²) in [6.45, 7) is 8.91. The summed E-state index contributed by atoms with van der Waals surface area (Å²) in [6.07, 6.45) is 10.6. The van der Waals surface area contributed by atoms with E-state index in [0.29, 0.717) is 28.9 Å². The molecule has 2 heterocycles. The SMILES string of the molecule is C=C1C2CCC3(CCC4C5(C)CCCC4(CN4COC45)C3C2)C1O. The van der Waals surface area contributed by atoms with Crippen LogP contribution in [-0.2, 0) is 4.74 Å². The van der Waals surface area contributed by atoms with E-state index in [1.807, 2.05) is 0 Å². The van der Waals surface area contributed by atoms with Gasteiger partial charge >= 0.3 is 0 Å². The van der Waals surface area contributed by atoms with Crippen LogP contribution in [0.5, 0.6) is 0 Å². The smallest absolute Gasteiger partial charge is 0.119 e. The minimum atomic E-state index is -0.233. The first-order valence-electron chi connectivity index (χ1n) is 10.2. The zero-order valence-electron chi connectivity index (χ0n) is 15.0. The molecule has 5 saturated carbocycles. The minimum Gasteiger partial charge on any atom is -0.388 e. The van der Waals surface area contributed by atoms with Crippen LogP contribution in [0.3, 0.4) is 0 Å². The Labute approximate surface area is 145 Å². The highest BCUT2D eigenvalue weighted by molar-refractivity contribution is 5.28. The van der Waals surface area contributed by atoms with Crippen LogP contribution in [0.15, 0.2) is 12.2 Å². The Kier molecular flexibility index (Phi) is 2.64. The van der Waals surface area contributed by atoms with E-state index in [1.165, 1.54) is 63.5 Å². The second-order valence-electron chi connectivity index (χ2n) is 10.3. The van der Waals surface area contributed by atoms with E-state index in [4.69, 9.17) is 4.74 Å². The van der Waals surface area contributed by atoms with Gasteiger partial charge in [0, 0.05) is 17.4 Å². The predicted octanol–water partition coefficient (Wildman–Crippen LogP) is 3.54. The molecule has 1 spiro atoms. The maximum Gasteiger partial charge on any atom is 0.119 e. The predicted molar refractivity (Wildman–Crippen MR) is 92.0 cm³/mol. The fourth-order valence-corrected chi connectivity index (χ4v) is 8.97. The molecule has 4 bridgehead atoms. The lowest BCUT2D eigenvalue weighted by molar-refractivity contribution is -0.361. The van der Waals surface area contributed by atoms with Gasteiger partial charge in [0.15, 0.2) is 0 Å². The molecular weight excluding hydrogens is 298 g/mol. The third kappa shape index (κ3) is 1.38. The molecule has 0 aromatic rings. The highest BCUT2D eigenvalue weighted by Gasteiger charge is 2.72. The number of aliphatic hydroxyl groups excluding tert-OH is 1. The van der Waals surface area contributed by atoms with Gasteiger partial charge in [-0.2, -0.15) is 0 Å². The standard InChI is InChI=1S/C21H31NO2/c1-13-14-4-8-20(17(13)23)9-5-15-19(2)6-3-7-21(15,16(20)10-14)11-22-12-24-18(19)22/h14-18,23H,1,3-12H2,2H3. The van der Waals surface area contributed by atoms with Crippen molar-refractivity contribution in [3.63, 3.8) is 0 Å². The van der Waals surface area contributed by atoms with Gasteiger partial charge in [0.25, 0.3) is 0 Å². The Morgan fingerprint density at radius 1 is 1.12 bits per heavy atom. The van der Waals surface area contributed by atoms with Crippen LogP contribution in [-0.4, -0.2) is 35.6 Å². The molecule has 2 aliphatic heterocycles. The minimum absolute atomic E-state index is 0.152. The van der Waals surface area contributed by atoms with E-state index < -0.39 is 0 Å². The molecule has 0 radical (unpaired) electrons. The van der Waals surface area contributed by atoms with Crippen LogP contribution in [0.2, 0.25) is 0 Å². The zero-order valence-corrected chi connectivity index (χ0v) is 15.0. The Balaban J connectivity index is 1.49. The highest BCUT2D eigenvalue weighted by atomic mass is 16.6. The first-order valence-corrected chi connectivity index (χ1v) is 10.2. The first kappa shape index (κ1) is 14.8. The summed E-state index contributed by atoms with van der Waals surface area (Å²) < 4.78 is 6.07. The third-order valence-corrected chi connectivity index (χ3v) is 9.82. The van der Waals surface area contributed by atoms with Gasteiger partial charge in [-0.3, -0.25) is 4.90 Å². The van der Waals surface area contributed by atoms with Crippen molar-refractivity contribution in [1.82, 2.24) is 4.90 Å². The second-order valence-corrected chi connectivity index (χ2v) is 10.3. The Morgan fingerprint density at radius 3 is 2.75 bits per heavy atom. The summed E-state index contributed by atoms with van der Waals surface area (Å²) in [5.41, 5.74) is 2.10. The van der Waals surface area contributed by atoms with E-state index in [-0.39, 0.29) is 11.5 Å². The Hall–Kier alpha value is -0.380. The van der Waals surface area contributed by atoms with Crippen LogP contribution >= 0.6 is 0 Å². The molecule has 7 rings (SSSR count). The van der Waals surface area contributed by atoms with Gasteiger partial charge in [0.05, 0.1) is 6.10 Å². The maximum atomic E-state index is 11.2. The van der Waals surface area contributed by atoms with Gasteiger partial charge in [0.2, 0.25) is 0 Å². The summed E-state index contributed by atoms with van der Waals surface area (Å²) in [7, 11) is 0. The lowest BCUT2D eigenvalue weighted by Crippen LogP contribution is -2.76. The Morgan fingerprint density at radius 2 is 1.96 bits per heavy atom. The summed E-state index contributed by atoms with van der Waals surface area (Å²) in [5, 5.41) is 11.2. The number of hydrogen-bond acceptors (Lipinski definition) is 3. The number of aliphatic hydroxyl groups is 1. The third-order valence-electron chi connectivity index (χ3n) is 9.82. The van der Waals surface area contributed by atoms with E-state index in [9.17, 15) is 5.11 Å². The van der Waals surface area contributed by atoms with E-state index in [2.05, 4.69) is 18.4 Å². The van der Waals surface area contributed by atoms with Crippen LogP contribution in [0, 0.1) is 34.0 Å². The molecule has 24 heavy (non-hydrogen) atoms. The first-order chi connectivity index (χ1) is 11.5. The number of nitrogens with zero attached hydrogens (tertiary/aromatic N) is 1. The topological polar surface area (TPSA) is 32.7 Å². The number of hydrogen-bond donors (Lipinski definition) is 1. The molecule has 132 valence electrons. The number of ether oxygens (including phenoxy) is 1. The van der Waals surface area contributed by atoms with E-state index >= 15 is 0 Å². The monoisotopic (exact) mass is 329 g/mol. The van der Waals surface area contributed by atoms with Crippen molar-refractivity contribution in [2.45, 2.75) is 70.6 Å². The quantitative estimate of drug-likeness (QED) is 0.690. The second kappa shape index (κ2) is 4.29. The van der Waals surface area contributed by atoms with Crippen molar-refractivity contribution in [2.75, 3.05) is 13.3 Å². The summed E-state index contributed by atoms with van der Waals surface area (Å²) >= 11 is 0. The van der Waals surface area contributed by atoms with E-state index in [1.54, 1.807) is 0 Å². The molecule has 7 aliphatic rings. The van der Waals surface area contributed by atoms with Crippen molar-refractivity contribution >= 4 is 0 Å². The lowest BCUT2D eigenvalue weighted by atomic mass is 9.34. The molecule has 0 aromatic heterocycles. The number of piperidine rings is 1. The summed E-state index contributed by atoms with van der Waals surface area (Å²) in [6, 6.07) is 0. The van der Waals surface area contributed by atoms with Gasteiger partial charge in [-0.15, -0.1) is 0 Å². The molecular formula is C21H31NO2. The molecule has 0 aromatic carbocycles. The molecule has 0 amide bonds. The summed E-state index contributed by atoms with van der Waals surface area (Å²) in [4.78, 5) is 2.64. The van der Waals surface area contributed by atoms with Crippen LogP contribution < -0.4 is 0 Å². The average Bonchev–Trinajstić information content (AvgIpc) is 2.54. The fraction of sp³-hybridized carbons (Fsp3) is 0.905. The molecule has 1 N–H and O–H groups in total. The molecule has 5 aliphatic carbocycles. The fourth-order valence-electron chi connectivity index (χ4n) is 8.97. The van der Waals surface area contributed by atoms with Gasteiger partial charge in [0.1, 0.15) is 13.0 Å². The van der Waals surface area contributed by atoms with Crippen molar-refractivity contribution in [1.29, 1.82) is 0 Å². The highest BCUT2D eigenvalue weighted by Crippen LogP contribution is 2.74. The molecule has 3 heteroatoms. The normalized spacial score (nSPS) is 61.6.